The van der Waals surface area contributed by atoms with E-state index in [0.29, 0.717) is 0 Å². The fourth-order valence-corrected chi connectivity index (χ4v) is 1.60. The molecule has 0 spiro atoms. The van der Waals surface area contributed by atoms with Gasteiger partial charge in [-0.2, -0.15) is 0 Å². The molecular weight excluding hydrogens is 211 g/mol. The van der Waals surface area contributed by atoms with E-state index in [2.05, 4.69) is 6.92 Å². The maximum atomic E-state index is 11.8. The average Bonchev–Trinajstić information content (AvgIpc) is 2.09. The third-order valence-electron chi connectivity index (χ3n) is 2.42. The van der Waals surface area contributed by atoms with Crippen LogP contribution in [0.2, 0.25) is 0 Å². The van der Waals surface area contributed by atoms with Crippen LogP contribution in [-0.4, -0.2) is 25.7 Å². The minimum atomic E-state index is -2.54. The number of carbonyl (C=O) groups is 1. The molecule has 0 heterocycles. The van der Waals surface area contributed by atoms with Gasteiger partial charge < -0.3 is 4.52 Å². The molecule has 90 valence electrons. The van der Waals surface area contributed by atoms with Crippen LogP contribution in [0.4, 0.5) is 0 Å². The monoisotopic (exact) mass is 234 g/mol. The van der Waals surface area contributed by atoms with Gasteiger partial charge >= 0.3 is 0 Å². The predicted octanol–water partition coefficient (Wildman–Crippen LogP) is 3.33. The summed E-state index contributed by atoms with van der Waals surface area (Å²) >= 11 is 0. The number of rotatable bonds is 7. The second kappa shape index (κ2) is 5.81. The highest BCUT2D eigenvalue weighted by Crippen LogP contribution is 2.38. The Morgan fingerprint density at radius 1 is 1.33 bits per heavy atom. The number of hydrogen-bond acceptors (Lipinski definition) is 3. The molecule has 15 heavy (non-hydrogen) atoms. The lowest BCUT2D eigenvalue weighted by Gasteiger charge is -2.23. The SMILES string of the molecule is CCCCC(C)(C)C(=O)COP(C)(C)=O. The van der Waals surface area contributed by atoms with Crippen molar-refractivity contribution in [3.8, 4) is 0 Å². The van der Waals surface area contributed by atoms with Gasteiger partial charge in [0, 0.05) is 18.7 Å². The zero-order valence-electron chi connectivity index (χ0n) is 10.5. The normalized spacial score (nSPS) is 12.9. The van der Waals surface area contributed by atoms with E-state index >= 15 is 0 Å². The smallest absolute Gasteiger partial charge is 0.197 e. The van der Waals surface area contributed by atoms with E-state index in [4.69, 9.17) is 4.52 Å². The van der Waals surface area contributed by atoms with Crippen LogP contribution in [0.1, 0.15) is 40.0 Å². The molecule has 0 aromatic carbocycles. The average molecular weight is 234 g/mol. The van der Waals surface area contributed by atoms with Crippen molar-refractivity contribution in [3.63, 3.8) is 0 Å². The number of ketones is 1. The van der Waals surface area contributed by atoms with Crippen molar-refractivity contribution >= 4 is 13.2 Å². The van der Waals surface area contributed by atoms with Crippen molar-refractivity contribution in [1.82, 2.24) is 0 Å². The lowest BCUT2D eigenvalue weighted by Crippen LogP contribution is -2.27. The minimum absolute atomic E-state index is 0.0268. The molecule has 0 saturated heterocycles. The van der Waals surface area contributed by atoms with Gasteiger partial charge in [0.2, 0.25) is 0 Å². The number of Topliss-reactive ketones (excluding diaryl/α,β-unsaturated/α-hetero) is 1. The minimum Gasteiger partial charge on any atom is -0.321 e. The summed E-state index contributed by atoms with van der Waals surface area (Å²) in [5, 5.41) is 0. The second-order valence-corrected chi connectivity index (χ2v) is 7.70. The van der Waals surface area contributed by atoms with E-state index < -0.39 is 7.37 Å². The van der Waals surface area contributed by atoms with Crippen LogP contribution in [0, 0.1) is 5.41 Å². The molecule has 0 rings (SSSR count). The maximum absolute atomic E-state index is 11.8. The van der Waals surface area contributed by atoms with Crippen molar-refractivity contribution in [1.29, 1.82) is 0 Å². The number of carbonyl (C=O) groups excluding carboxylic acids is 1. The van der Waals surface area contributed by atoms with Crippen LogP contribution in [0.15, 0.2) is 0 Å². The highest BCUT2D eigenvalue weighted by molar-refractivity contribution is 7.57. The maximum Gasteiger partial charge on any atom is 0.197 e. The molecule has 0 bridgehead atoms. The third kappa shape index (κ3) is 6.86. The van der Waals surface area contributed by atoms with Crippen LogP contribution in [0.25, 0.3) is 0 Å². The molecule has 4 heteroatoms. The Bertz CT molecular complexity index is 253. The lowest BCUT2D eigenvalue weighted by molar-refractivity contribution is -0.129. The Hall–Kier alpha value is -0.140. The molecule has 0 atom stereocenters. The van der Waals surface area contributed by atoms with Crippen LogP contribution in [0.3, 0.4) is 0 Å². The summed E-state index contributed by atoms with van der Waals surface area (Å²) < 4.78 is 16.3. The third-order valence-corrected chi connectivity index (χ3v) is 3.17. The summed E-state index contributed by atoms with van der Waals surface area (Å²) in [4.78, 5) is 11.8. The van der Waals surface area contributed by atoms with Gasteiger partial charge in [-0.15, -0.1) is 0 Å². The molecule has 0 amide bonds. The Morgan fingerprint density at radius 3 is 2.27 bits per heavy atom. The van der Waals surface area contributed by atoms with Crippen molar-refractivity contribution in [3.05, 3.63) is 0 Å². The van der Waals surface area contributed by atoms with E-state index in [1.54, 1.807) is 0 Å². The Balaban J connectivity index is 4.13. The van der Waals surface area contributed by atoms with E-state index in [9.17, 15) is 9.36 Å². The zero-order valence-corrected chi connectivity index (χ0v) is 11.4. The number of unbranched alkanes of at least 4 members (excludes halogenated alkanes) is 1. The van der Waals surface area contributed by atoms with Crippen LogP contribution >= 0.6 is 7.37 Å². The number of hydrogen-bond donors (Lipinski definition) is 0. The highest BCUT2D eigenvalue weighted by atomic mass is 31.2. The molecule has 0 aliphatic carbocycles. The lowest BCUT2D eigenvalue weighted by atomic mass is 9.83. The van der Waals surface area contributed by atoms with Gasteiger partial charge in [-0.1, -0.05) is 33.6 Å². The fraction of sp³-hybridized carbons (Fsp3) is 0.909. The summed E-state index contributed by atoms with van der Waals surface area (Å²) in [6.45, 7) is 8.97. The van der Waals surface area contributed by atoms with Crippen LogP contribution < -0.4 is 0 Å². The van der Waals surface area contributed by atoms with Crippen molar-refractivity contribution in [2.24, 2.45) is 5.41 Å². The van der Waals surface area contributed by atoms with Gasteiger partial charge in [0.1, 0.15) is 6.61 Å². The van der Waals surface area contributed by atoms with Crippen molar-refractivity contribution in [2.75, 3.05) is 19.9 Å². The van der Waals surface area contributed by atoms with Gasteiger partial charge in [-0.25, -0.2) is 0 Å². The second-order valence-electron chi connectivity index (χ2n) is 4.94. The summed E-state index contributed by atoms with van der Waals surface area (Å²) in [5.41, 5.74) is -0.356. The van der Waals surface area contributed by atoms with Gasteiger partial charge in [0.25, 0.3) is 0 Å². The van der Waals surface area contributed by atoms with Gasteiger partial charge in [0.15, 0.2) is 13.2 Å². The van der Waals surface area contributed by atoms with E-state index in [1.807, 2.05) is 13.8 Å². The van der Waals surface area contributed by atoms with E-state index in [-0.39, 0.29) is 17.8 Å². The molecule has 3 nitrogen and oxygen atoms in total. The predicted molar refractivity (Wildman–Crippen MR) is 63.7 cm³/mol. The Morgan fingerprint density at radius 2 is 1.87 bits per heavy atom. The molecule has 0 N–H and O–H groups in total. The topological polar surface area (TPSA) is 43.4 Å². The molecule has 0 aliphatic rings. The van der Waals surface area contributed by atoms with Crippen LogP contribution in [0.5, 0.6) is 0 Å². The fourth-order valence-electron chi connectivity index (χ4n) is 1.17. The molecule has 0 saturated carbocycles. The van der Waals surface area contributed by atoms with Gasteiger partial charge in [-0.3, -0.25) is 9.36 Å². The van der Waals surface area contributed by atoms with Crippen LogP contribution in [-0.2, 0) is 13.9 Å². The summed E-state index contributed by atoms with van der Waals surface area (Å²) in [5.74, 6) is 0.0416. The molecule has 0 aromatic heterocycles. The Labute approximate surface area is 93.0 Å². The molecule has 0 fully saturated rings. The summed E-state index contributed by atoms with van der Waals surface area (Å²) in [6, 6.07) is 0. The van der Waals surface area contributed by atoms with Crippen molar-refractivity contribution < 1.29 is 13.9 Å². The first-order valence-corrected chi connectivity index (χ1v) is 7.94. The summed E-state index contributed by atoms with van der Waals surface area (Å²) in [7, 11) is -2.54. The molecular formula is C11H23O3P. The highest BCUT2D eigenvalue weighted by Gasteiger charge is 2.27. The summed E-state index contributed by atoms with van der Waals surface area (Å²) in [6.07, 6.45) is 2.98. The quantitative estimate of drug-likeness (QED) is 0.634. The molecule has 0 unspecified atom stereocenters. The zero-order chi connectivity index (χ0) is 12.1. The molecule has 0 aromatic rings. The first-order chi connectivity index (χ1) is 6.69. The molecule has 0 radical (unpaired) electrons. The van der Waals surface area contributed by atoms with E-state index in [1.165, 1.54) is 13.3 Å². The van der Waals surface area contributed by atoms with Gasteiger partial charge in [0.05, 0.1) is 0 Å². The first-order valence-electron chi connectivity index (χ1n) is 5.42. The first kappa shape index (κ1) is 14.9. The largest absolute Gasteiger partial charge is 0.321 e. The molecule has 0 aliphatic heterocycles. The van der Waals surface area contributed by atoms with E-state index in [0.717, 1.165) is 19.3 Å². The van der Waals surface area contributed by atoms with Crippen molar-refractivity contribution in [2.45, 2.75) is 40.0 Å². The van der Waals surface area contributed by atoms with Gasteiger partial charge in [-0.05, 0) is 6.42 Å². The standard InChI is InChI=1S/C11H23O3P/c1-6-7-8-11(2,3)10(12)9-14-15(4,5)13/h6-9H2,1-5H3. The Kier molecular flexibility index (Phi) is 5.76.